The van der Waals surface area contributed by atoms with Crippen LogP contribution >= 0.6 is 0 Å². The van der Waals surface area contributed by atoms with E-state index in [1.807, 2.05) is 6.92 Å². The fourth-order valence-electron chi connectivity index (χ4n) is 5.80. The predicted octanol–water partition coefficient (Wildman–Crippen LogP) is 2.65. The number of nitrogens with zero attached hydrogens (tertiary/aromatic N) is 2. The predicted molar refractivity (Wildman–Crippen MR) is 158 cm³/mol. The third kappa shape index (κ3) is 8.05. The van der Waals surface area contributed by atoms with E-state index < -0.39 is 22.0 Å². The Morgan fingerprint density at radius 2 is 1.85 bits per heavy atom. The third-order valence-corrected chi connectivity index (χ3v) is 9.59. The average Bonchev–Trinajstić information content (AvgIpc) is 2.93. The summed E-state index contributed by atoms with van der Waals surface area (Å²) in [5, 5.41) is 6.19. The Balaban J connectivity index is 1.29. The van der Waals surface area contributed by atoms with Crippen LogP contribution in [-0.4, -0.2) is 75.6 Å². The molecule has 2 aliphatic rings. The summed E-state index contributed by atoms with van der Waals surface area (Å²) in [6.45, 7) is 10.4. The number of rotatable bonds is 11. The monoisotopic (exact) mass is 585 g/mol. The van der Waals surface area contributed by atoms with Gasteiger partial charge in [0, 0.05) is 37.7 Å². The molecule has 0 saturated carbocycles. The Morgan fingerprint density at radius 1 is 1.15 bits per heavy atom. The number of sulfonamides is 1. The second kappa shape index (κ2) is 13.8. The third-order valence-electron chi connectivity index (χ3n) is 7.82. The highest BCUT2D eigenvalue weighted by Crippen LogP contribution is 2.23. The van der Waals surface area contributed by atoms with Crippen LogP contribution in [0.4, 0.5) is 5.82 Å². The second-order valence-electron chi connectivity index (χ2n) is 11.1. The number of piperidine rings is 1. The van der Waals surface area contributed by atoms with Gasteiger partial charge in [-0.1, -0.05) is 23.8 Å². The lowest BCUT2D eigenvalue weighted by atomic mass is 9.95. The molecule has 0 unspecified atom stereocenters. The molecule has 1 atom stereocenters. The van der Waals surface area contributed by atoms with Crippen LogP contribution in [0.2, 0.25) is 0 Å². The first-order valence-corrected chi connectivity index (χ1v) is 16.0. The van der Waals surface area contributed by atoms with E-state index in [0.717, 1.165) is 62.5 Å². The molecule has 4 rings (SSSR count). The highest BCUT2D eigenvalue weighted by Gasteiger charge is 2.31. The van der Waals surface area contributed by atoms with Crippen molar-refractivity contribution in [3.63, 3.8) is 0 Å². The number of amides is 1. The summed E-state index contributed by atoms with van der Waals surface area (Å²) in [5.74, 6) is -0.0853. The van der Waals surface area contributed by atoms with Crippen molar-refractivity contribution < 1.29 is 22.7 Å². The van der Waals surface area contributed by atoms with Crippen LogP contribution in [0, 0.1) is 26.7 Å². The smallest absolute Gasteiger partial charge is 0.326 e. The van der Waals surface area contributed by atoms with E-state index >= 15 is 0 Å². The van der Waals surface area contributed by atoms with Crippen LogP contribution < -0.4 is 15.4 Å². The van der Waals surface area contributed by atoms with Gasteiger partial charge in [-0.15, -0.1) is 0 Å². The molecule has 10 nitrogen and oxygen atoms in total. The number of likely N-dealkylation sites (tertiary alicyclic amines) is 1. The Hall–Kier alpha value is -3.02. The van der Waals surface area contributed by atoms with Gasteiger partial charge in [-0.25, -0.2) is 13.4 Å². The zero-order valence-corrected chi connectivity index (χ0v) is 25.4. The number of carbonyl (C=O) groups excluding carboxylic acids is 2. The normalized spacial score (nSPS) is 16.9. The van der Waals surface area contributed by atoms with Crippen molar-refractivity contribution in [1.82, 2.24) is 19.9 Å². The van der Waals surface area contributed by atoms with E-state index in [9.17, 15) is 18.0 Å². The molecule has 3 heterocycles. The summed E-state index contributed by atoms with van der Waals surface area (Å²) >= 11 is 0. The maximum atomic E-state index is 13.3. The Bertz CT molecular complexity index is 1330. The number of hydrogen-bond donors (Lipinski definition) is 3. The summed E-state index contributed by atoms with van der Waals surface area (Å²) in [4.78, 5) is 32.9. The quantitative estimate of drug-likeness (QED) is 0.343. The number of nitrogens with one attached hydrogen (secondary N) is 3. The maximum absolute atomic E-state index is 13.3. The lowest BCUT2D eigenvalue weighted by Crippen LogP contribution is -2.50. The van der Waals surface area contributed by atoms with E-state index in [2.05, 4.69) is 32.4 Å². The number of carbonyl (C=O) groups is 2. The van der Waals surface area contributed by atoms with Crippen LogP contribution in [0.25, 0.3) is 0 Å². The van der Waals surface area contributed by atoms with Gasteiger partial charge in [0.2, 0.25) is 15.9 Å². The van der Waals surface area contributed by atoms with Crippen LogP contribution in [-0.2, 0) is 37.2 Å². The standard InChI is InChI=1S/C30H43N5O5S/c1-5-40-30(37)26(34-41(38,39)27-21(3)17-20(2)18-22(27)4)19-32-29(36)24-10-14-35(15-11-24)16-12-25-9-8-23-7-6-13-31-28(23)33-25/h8-9,17-18,24,26,34H,5-7,10-16,19H2,1-4H3,(H,31,33)(H,32,36)/t26-/m0/s1. The van der Waals surface area contributed by atoms with Gasteiger partial charge in [0.1, 0.15) is 11.9 Å². The number of benzene rings is 1. The van der Waals surface area contributed by atoms with E-state index in [1.165, 1.54) is 5.56 Å². The molecular formula is C30H43N5O5S. The molecule has 11 heteroatoms. The van der Waals surface area contributed by atoms with Crippen molar-refractivity contribution in [3.8, 4) is 0 Å². The number of aromatic nitrogens is 1. The van der Waals surface area contributed by atoms with Gasteiger partial charge < -0.3 is 20.3 Å². The van der Waals surface area contributed by atoms with E-state index in [-0.39, 0.29) is 29.9 Å². The van der Waals surface area contributed by atoms with Gasteiger partial charge in [0.15, 0.2) is 0 Å². The molecule has 2 aliphatic heterocycles. The number of fused-ring (bicyclic) bond motifs is 1. The minimum atomic E-state index is -4.03. The Labute approximate surface area is 243 Å². The first-order valence-electron chi connectivity index (χ1n) is 14.6. The summed E-state index contributed by atoms with van der Waals surface area (Å²) in [6.07, 6.45) is 4.46. The molecule has 0 radical (unpaired) electrons. The highest BCUT2D eigenvalue weighted by molar-refractivity contribution is 7.89. The number of anilines is 1. The second-order valence-corrected chi connectivity index (χ2v) is 12.8. The van der Waals surface area contributed by atoms with Crippen LogP contribution in [0.5, 0.6) is 0 Å². The van der Waals surface area contributed by atoms with Gasteiger partial charge in [-0.3, -0.25) is 9.59 Å². The Morgan fingerprint density at radius 3 is 2.54 bits per heavy atom. The molecule has 1 aromatic heterocycles. The summed E-state index contributed by atoms with van der Waals surface area (Å²) < 4.78 is 34.1. The van der Waals surface area contributed by atoms with Crippen LogP contribution in [0.1, 0.15) is 54.1 Å². The van der Waals surface area contributed by atoms with Gasteiger partial charge in [0.05, 0.1) is 11.5 Å². The van der Waals surface area contributed by atoms with Crippen molar-refractivity contribution in [2.24, 2.45) is 5.92 Å². The van der Waals surface area contributed by atoms with E-state index in [4.69, 9.17) is 9.72 Å². The number of pyridine rings is 1. The zero-order chi connectivity index (χ0) is 29.6. The lowest BCUT2D eigenvalue weighted by Gasteiger charge is -2.31. The molecule has 1 aromatic carbocycles. The van der Waals surface area contributed by atoms with E-state index in [1.54, 1.807) is 32.9 Å². The van der Waals surface area contributed by atoms with Gasteiger partial charge in [-0.05, 0) is 89.2 Å². The lowest BCUT2D eigenvalue weighted by molar-refractivity contribution is -0.145. The molecule has 1 amide bonds. The number of aryl methyl sites for hydroxylation is 4. The first kappa shape index (κ1) is 30.9. The van der Waals surface area contributed by atoms with Crippen molar-refractivity contribution in [3.05, 3.63) is 52.2 Å². The van der Waals surface area contributed by atoms with Gasteiger partial charge in [0.25, 0.3) is 0 Å². The molecule has 1 fully saturated rings. The molecular weight excluding hydrogens is 542 g/mol. The summed E-state index contributed by atoms with van der Waals surface area (Å²) in [5.41, 5.74) is 4.48. The molecule has 1 saturated heterocycles. The van der Waals surface area contributed by atoms with Crippen molar-refractivity contribution >= 4 is 27.7 Å². The molecule has 2 aromatic rings. The average molecular weight is 586 g/mol. The number of hydrogen-bond acceptors (Lipinski definition) is 8. The minimum absolute atomic E-state index is 0.101. The largest absolute Gasteiger partial charge is 0.465 e. The fraction of sp³-hybridized carbons (Fsp3) is 0.567. The molecule has 224 valence electrons. The number of ether oxygens (including phenoxy) is 1. The highest BCUT2D eigenvalue weighted by atomic mass is 32.2. The molecule has 0 bridgehead atoms. The fourth-order valence-corrected chi connectivity index (χ4v) is 7.44. The summed E-state index contributed by atoms with van der Waals surface area (Å²) in [6, 6.07) is 6.63. The number of esters is 1. The van der Waals surface area contributed by atoms with E-state index in [0.29, 0.717) is 24.0 Å². The van der Waals surface area contributed by atoms with Crippen molar-refractivity contribution in [1.29, 1.82) is 0 Å². The van der Waals surface area contributed by atoms with Crippen LogP contribution in [0.15, 0.2) is 29.2 Å². The summed E-state index contributed by atoms with van der Waals surface area (Å²) in [7, 11) is -4.03. The van der Waals surface area contributed by atoms with Crippen LogP contribution in [0.3, 0.4) is 0 Å². The molecule has 41 heavy (non-hydrogen) atoms. The topological polar surface area (TPSA) is 130 Å². The van der Waals surface area contributed by atoms with Crippen molar-refractivity contribution in [2.45, 2.75) is 70.7 Å². The van der Waals surface area contributed by atoms with Crippen molar-refractivity contribution in [2.75, 3.05) is 44.6 Å². The van der Waals surface area contributed by atoms with Gasteiger partial charge >= 0.3 is 5.97 Å². The zero-order valence-electron chi connectivity index (χ0n) is 24.6. The first-order chi connectivity index (χ1) is 19.6. The molecule has 0 aliphatic carbocycles. The molecule has 0 spiro atoms. The molecule has 3 N–H and O–H groups in total. The maximum Gasteiger partial charge on any atom is 0.326 e. The SMILES string of the molecule is CCOC(=O)[C@H](CNC(=O)C1CCN(CCc2ccc3c(n2)NCCC3)CC1)NS(=O)(=O)c1c(C)cc(C)cc1C. The van der Waals surface area contributed by atoms with Gasteiger partial charge in [-0.2, -0.15) is 4.72 Å². The Kier molecular flexibility index (Phi) is 10.4. The minimum Gasteiger partial charge on any atom is -0.465 e.